The van der Waals surface area contributed by atoms with Gasteiger partial charge in [-0.15, -0.1) is 0 Å². The number of ether oxygens (including phenoxy) is 2. The molecule has 1 saturated heterocycles. The minimum atomic E-state index is -0.615. The first kappa shape index (κ1) is 16.8. The van der Waals surface area contributed by atoms with Crippen LogP contribution in [0.25, 0.3) is 0 Å². The maximum Gasteiger partial charge on any atom is 0.338 e. The first-order valence-corrected chi connectivity index (χ1v) is 7.43. The molecule has 1 aliphatic rings. The van der Waals surface area contributed by atoms with Crippen molar-refractivity contribution < 1.29 is 23.9 Å². The van der Waals surface area contributed by atoms with Gasteiger partial charge in [0.15, 0.2) is 6.61 Å². The fourth-order valence-electron chi connectivity index (χ4n) is 2.55. The summed E-state index contributed by atoms with van der Waals surface area (Å²) in [5, 5.41) is 0. The third-order valence-electron chi connectivity index (χ3n) is 3.80. The molecule has 0 radical (unpaired) electrons. The molecular weight excluding hydrogens is 300 g/mol. The molecule has 0 spiro atoms. The smallest absolute Gasteiger partial charge is 0.338 e. The summed E-state index contributed by atoms with van der Waals surface area (Å²) >= 11 is 0. The van der Waals surface area contributed by atoms with Crippen molar-refractivity contribution >= 4 is 17.8 Å². The Morgan fingerprint density at radius 2 is 1.91 bits per heavy atom. The number of carbonyl (C=O) groups is 3. The quantitative estimate of drug-likeness (QED) is 0.806. The summed E-state index contributed by atoms with van der Waals surface area (Å²) in [7, 11) is 1.53. The van der Waals surface area contributed by atoms with E-state index in [1.165, 1.54) is 12.0 Å². The molecule has 1 aliphatic heterocycles. The molecule has 1 aromatic rings. The highest BCUT2D eigenvalue weighted by Gasteiger charge is 2.31. The Morgan fingerprint density at radius 3 is 2.52 bits per heavy atom. The second-order valence-electron chi connectivity index (χ2n) is 5.31. The molecule has 7 heteroatoms. The highest BCUT2D eigenvalue weighted by Crippen LogP contribution is 2.17. The summed E-state index contributed by atoms with van der Waals surface area (Å²) in [6, 6.07) is 5.76. The van der Waals surface area contributed by atoms with Crippen molar-refractivity contribution in [2.45, 2.75) is 25.3 Å². The van der Waals surface area contributed by atoms with Gasteiger partial charge in [-0.1, -0.05) is 0 Å². The molecule has 2 rings (SSSR count). The number of primary amides is 1. The lowest BCUT2D eigenvalue weighted by atomic mass is 10.0. The van der Waals surface area contributed by atoms with E-state index >= 15 is 0 Å². The van der Waals surface area contributed by atoms with Gasteiger partial charge in [0.1, 0.15) is 11.8 Å². The lowest BCUT2D eigenvalue weighted by molar-refractivity contribution is -0.143. The highest BCUT2D eigenvalue weighted by atomic mass is 16.5. The zero-order valence-electron chi connectivity index (χ0n) is 13.0. The molecule has 23 heavy (non-hydrogen) atoms. The number of methoxy groups -OCH3 is 1. The molecule has 0 aliphatic carbocycles. The number of benzene rings is 1. The van der Waals surface area contributed by atoms with Gasteiger partial charge >= 0.3 is 5.97 Å². The standard InChI is InChI=1S/C16H20N2O5/c1-22-12-7-5-11(6-8-12)16(21)23-10-14(19)18-9-3-2-4-13(18)15(17)20/h5-8,13H,2-4,9-10H2,1H3,(H2,17,20). The van der Waals surface area contributed by atoms with E-state index in [0.29, 0.717) is 24.3 Å². The molecular formula is C16H20N2O5. The van der Waals surface area contributed by atoms with Crippen LogP contribution in [0.15, 0.2) is 24.3 Å². The maximum atomic E-state index is 12.2. The van der Waals surface area contributed by atoms with Gasteiger partial charge in [0.2, 0.25) is 5.91 Å². The Kier molecular flexibility index (Phi) is 5.56. The predicted octanol–water partition coefficient (Wildman–Crippen LogP) is 0.718. The number of nitrogens with zero attached hydrogens (tertiary/aromatic N) is 1. The highest BCUT2D eigenvalue weighted by molar-refractivity contribution is 5.92. The molecule has 1 unspecified atom stereocenters. The molecule has 1 heterocycles. The second-order valence-corrected chi connectivity index (χ2v) is 5.31. The van der Waals surface area contributed by atoms with Crippen LogP contribution in [-0.2, 0) is 14.3 Å². The van der Waals surface area contributed by atoms with Crippen LogP contribution in [0.5, 0.6) is 5.75 Å². The van der Waals surface area contributed by atoms with E-state index < -0.39 is 30.4 Å². The average molecular weight is 320 g/mol. The van der Waals surface area contributed by atoms with E-state index in [2.05, 4.69) is 0 Å². The minimum absolute atomic E-state index is 0.323. The van der Waals surface area contributed by atoms with E-state index in [1.807, 2.05) is 0 Å². The summed E-state index contributed by atoms with van der Waals surface area (Å²) in [5.41, 5.74) is 5.64. The van der Waals surface area contributed by atoms with Gasteiger partial charge in [0.05, 0.1) is 12.7 Å². The number of amides is 2. The third-order valence-corrected chi connectivity index (χ3v) is 3.80. The van der Waals surface area contributed by atoms with E-state index in [0.717, 1.165) is 12.8 Å². The summed E-state index contributed by atoms with van der Waals surface area (Å²) in [6.07, 6.45) is 2.21. The first-order valence-electron chi connectivity index (χ1n) is 7.43. The van der Waals surface area contributed by atoms with Gasteiger partial charge in [-0.05, 0) is 43.5 Å². The van der Waals surface area contributed by atoms with Crippen molar-refractivity contribution in [3.63, 3.8) is 0 Å². The number of piperidine rings is 1. The largest absolute Gasteiger partial charge is 0.497 e. The fraction of sp³-hybridized carbons (Fsp3) is 0.438. The second kappa shape index (κ2) is 7.62. The van der Waals surface area contributed by atoms with Crippen LogP contribution in [0.2, 0.25) is 0 Å². The first-order chi connectivity index (χ1) is 11.0. The van der Waals surface area contributed by atoms with E-state index in [1.54, 1.807) is 24.3 Å². The average Bonchev–Trinajstić information content (AvgIpc) is 2.59. The van der Waals surface area contributed by atoms with Crippen LogP contribution in [0.1, 0.15) is 29.6 Å². The number of likely N-dealkylation sites (tertiary alicyclic amines) is 1. The third kappa shape index (κ3) is 4.21. The molecule has 2 N–H and O–H groups in total. The molecule has 7 nitrogen and oxygen atoms in total. The summed E-state index contributed by atoms with van der Waals surface area (Å²) < 4.78 is 10.0. The Balaban J connectivity index is 1.92. The van der Waals surface area contributed by atoms with Gasteiger partial charge < -0.3 is 20.1 Å². The van der Waals surface area contributed by atoms with Gasteiger partial charge in [-0.25, -0.2) is 4.79 Å². The molecule has 1 fully saturated rings. The SMILES string of the molecule is COc1ccc(C(=O)OCC(=O)N2CCCCC2C(N)=O)cc1. The molecule has 2 amide bonds. The zero-order chi connectivity index (χ0) is 16.8. The minimum Gasteiger partial charge on any atom is -0.497 e. The molecule has 0 aromatic heterocycles. The Hall–Kier alpha value is -2.57. The molecule has 124 valence electrons. The number of hydrogen-bond acceptors (Lipinski definition) is 5. The van der Waals surface area contributed by atoms with Crippen molar-refractivity contribution in [2.75, 3.05) is 20.3 Å². The number of carbonyl (C=O) groups excluding carboxylic acids is 3. The summed E-state index contributed by atoms with van der Waals surface area (Å²) in [6.45, 7) is 0.0428. The lowest BCUT2D eigenvalue weighted by Crippen LogP contribution is -2.51. The number of nitrogens with two attached hydrogens (primary N) is 1. The predicted molar refractivity (Wildman–Crippen MR) is 81.8 cm³/mol. The van der Waals surface area contributed by atoms with Crippen LogP contribution >= 0.6 is 0 Å². The molecule has 0 bridgehead atoms. The van der Waals surface area contributed by atoms with Crippen molar-refractivity contribution in [3.8, 4) is 5.75 Å². The number of rotatable bonds is 5. The van der Waals surface area contributed by atoms with Gasteiger partial charge in [-0.3, -0.25) is 9.59 Å². The number of esters is 1. The van der Waals surface area contributed by atoms with Crippen molar-refractivity contribution in [1.82, 2.24) is 4.90 Å². The Labute approximate surface area is 134 Å². The Bertz CT molecular complexity index is 585. The van der Waals surface area contributed by atoms with Gasteiger partial charge in [-0.2, -0.15) is 0 Å². The topological polar surface area (TPSA) is 98.9 Å². The van der Waals surface area contributed by atoms with Gasteiger partial charge in [0, 0.05) is 6.54 Å². The van der Waals surface area contributed by atoms with Crippen LogP contribution in [0.4, 0.5) is 0 Å². The van der Waals surface area contributed by atoms with Crippen LogP contribution in [0, 0.1) is 0 Å². The maximum absolute atomic E-state index is 12.2. The lowest BCUT2D eigenvalue weighted by Gasteiger charge is -2.33. The van der Waals surface area contributed by atoms with Crippen molar-refractivity contribution in [3.05, 3.63) is 29.8 Å². The van der Waals surface area contributed by atoms with Crippen molar-refractivity contribution in [2.24, 2.45) is 5.73 Å². The summed E-state index contributed by atoms with van der Waals surface area (Å²) in [5.74, 6) is -0.918. The molecule has 1 aromatic carbocycles. The van der Waals surface area contributed by atoms with E-state index in [-0.39, 0.29) is 0 Å². The van der Waals surface area contributed by atoms with Crippen LogP contribution in [0.3, 0.4) is 0 Å². The van der Waals surface area contributed by atoms with Crippen LogP contribution in [-0.4, -0.2) is 49.0 Å². The van der Waals surface area contributed by atoms with E-state index in [9.17, 15) is 14.4 Å². The summed E-state index contributed by atoms with van der Waals surface area (Å²) in [4.78, 5) is 36.9. The molecule has 1 atom stereocenters. The zero-order valence-corrected chi connectivity index (χ0v) is 13.0. The van der Waals surface area contributed by atoms with Crippen LogP contribution < -0.4 is 10.5 Å². The van der Waals surface area contributed by atoms with Gasteiger partial charge in [0.25, 0.3) is 5.91 Å². The Morgan fingerprint density at radius 1 is 1.22 bits per heavy atom. The monoisotopic (exact) mass is 320 g/mol. The fourth-order valence-corrected chi connectivity index (χ4v) is 2.55. The van der Waals surface area contributed by atoms with E-state index in [4.69, 9.17) is 15.2 Å². The number of hydrogen-bond donors (Lipinski definition) is 1. The normalized spacial score (nSPS) is 17.4. The van der Waals surface area contributed by atoms with Crippen molar-refractivity contribution in [1.29, 1.82) is 0 Å². The molecule has 0 saturated carbocycles.